The van der Waals surface area contributed by atoms with E-state index in [1.54, 1.807) is 17.0 Å². The highest BCUT2D eigenvalue weighted by Gasteiger charge is 2.34. The Morgan fingerprint density at radius 3 is 1.83 bits per heavy atom. The van der Waals surface area contributed by atoms with Crippen molar-refractivity contribution in [2.75, 3.05) is 0 Å². The van der Waals surface area contributed by atoms with Crippen LogP contribution < -0.4 is 5.32 Å². The van der Waals surface area contributed by atoms with E-state index in [0.29, 0.717) is 16.5 Å². The molecule has 4 aromatic rings. The van der Waals surface area contributed by atoms with Gasteiger partial charge in [0, 0.05) is 40.9 Å². The molecule has 41 heavy (non-hydrogen) atoms. The third-order valence-electron chi connectivity index (χ3n) is 6.91. The number of hydrogen-bond acceptors (Lipinski definition) is 2. The average Bonchev–Trinajstić information content (AvgIpc) is 2.95. The van der Waals surface area contributed by atoms with Crippen LogP contribution in [-0.4, -0.2) is 28.3 Å². The number of rotatable bonds is 10. The van der Waals surface area contributed by atoms with Gasteiger partial charge < -0.3 is 10.2 Å². The van der Waals surface area contributed by atoms with Crippen molar-refractivity contribution in [2.24, 2.45) is 0 Å². The van der Waals surface area contributed by atoms with Gasteiger partial charge in [-0.05, 0) is 55.2 Å². The van der Waals surface area contributed by atoms with Crippen molar-refractivity contribution in [2.45, 2.75) is 57.7 Å². The molecule has 0 saturated carbocycles. The summed E-state index contributed by atoms with van der Waals surface area (Å²) in [7, 11) is 0. The maximum absolute atomic E-state index is 14.5. The van der Waals surface area contributed by atoms with Crippen LogP contribution in [0.5, 0.6) is 0 Å². The molecule has 0 bridgehead atoms. The molecule has 0 spiro atoms. The maximum Gasteiger partial charge on any atom is 0.243 e. The van der Waals surface area contributed by atoms with Gasteiger partial charge in [-0.1, -0.05) is 120 Å². The molecule has 2 amide bonds. The zero-order valence-corrected chi connectivity index (χ0v) is 25.2. The summed E-state index contributed by atoms with van der Waals surface area (Å²) in [6, 6.07) is 34.3. The molecule has 1 atom stereocenters. The standard InChI is InChI=1S/C35H36Cl2N2O2/c1-35(2,3)38-34(41)32(21-25-13-7-4-8-14-25)39(24-28-19-20-29(36)22-31(28)37)33(40)23-30(26-15-9-5-10-16-26)27-17-11-6-12-18-27/h4-20,22,30,32H,21,23-24H2,1-3H3,(H,38,41). The van der Waals surface area contributed by atoms with E-state index in [1.165, 1.54) is 0 Å². The number of nitrogens with one attached hydrogen (secondary N) is 1. The van der Waals surface area contributed by atoms with Crippen LogP contribution in [0.15, 0.2) is 109 Å². The second-order valence-electron chi connectivity index (χ2n) is 11.3. The predicted octanol–water partition coefficient (Wildman–Crippen LogP) is 8.07. The molecule has 4 nitrogen and oxygen atoms in total. The van der Waals surface area contributed by atoms with Gasteiger partial charge >= 0.3 is 0 Å². The Morgan fingerprint density at radius 2 is 1.32 bits per heavy atom. The molecule has 0 aromatic heterocycles. The lowest BCUT2D eigenvalue weighted by Crippen LogP contribution is -2.54. The molecule has 212 valence electrons. The molecule has 0 fully saturated rings. The van der Waals surface area contributed by atoms with Gasteiger partial charge in [-0.3, -0.25) is 9.59 Å². The molecular weight excluding hydrogens is 551 g/mol. The number of nitrogens with zero attached hydrogens (tertiary/aromatic N) is 1. The van der Waals surface area contributed by atoms with E-state index in [1.807, 2.05) is 118 Å². The quantitative estimate of drug-likeness (QED) is 0.204. The van der Waals surface area contributed by atoms with E-state index < -0.39 is 11.6 Å². The highest BCUT2D eigenvalue weighted by atomic mass is 35.5. The Morgan fingerprint density at radius 1 is 0.780 bits per heavy atom. The van der Waals surface area contributed by atoms with E-state index in [9.17, 15) is 9.59 Å². The highest BCUT2D eigenvalue weighted by molar-refractivity contribution is 6.35. The second kappa shape index (κ2) is 13.8. The summed E-state index contributed by atoms with van der Waals surface area (Å²) >= 11 is 12.8. The van der Waals surface area contributed by atoms with Crippen LogP contribution in [0.1, 0.15) is 55.4 Å². The van der Waals surface area contributed by atoms with E-state index in [2.05, 4.69) is 5.32 Å². The second-order valence-corrected chi connectivity index (χ2v) is 12.1. The molecule has 4 rings (SSSR count). The molecular formula is C35H36Cl2N2O2. The van der Waals surface area contributed by atoms with Crippen molar-refractivity contribution in [1.29, 1.82) is 0 Å². The van der Waals surface area contributed by atoms with Crippen molar-refractivity contribution >= 4 is 35.0 Å². The molecule has 1 N–H and O–H groups in total. The van der Waals surface area contributed by atoms with Crippen LogP contribution >= 0.6 is 23.2 Å². The predicted molar refractivity (Wildman–Crippen MR) is 168 cm³/mol. The van der Waals surface area contributed by atoms with Crippen LogP contribution in [0.3, 0.4) is 0 Å². The van der Waals surface area contributed by atoms with Crippen LogP contribution in [0.4, 0.5) is 0 Å². The summed E-state index contributed by atoms with van der Waals surface area (Å²) in [5.41, 5.74) is 3.28. The number of halogens is 2. The lowest BCUT2D eigenvalue weighted by Gasteiger charge is -2.35. The van der Waals surface area contributed by atoms with Crippen molar-refractivity contribution in [3.63, 3.8) is 0 Å². The Balaban J connectivity index is 1.77. The molecule has 6 heteroatoms. The minimum absolute atomic E-state index is 0.140. The molecule has 1 unspecified atom stereocenters. The fourth-order valence-corrected chi connectivity index (χ4v) is 5.40. The normalized spacial score (nSPS) is 12.1. The number of benzene rings is 4. The number of hydrogen-bond donors (Lipinski definition) is 1. The van der Waals surface area contributed by atoms with Gasteiger partial charge in [0.2, 0.25) is 11.8 Å². The van der Waals surface area contributed by atoms with Crippen molar-refractivity contribution in [3.8, 4) is 0 Å². The Kier molecular flexibility index (Phi) is 10.3. The van der Waals surface area contributed by atoms with Gasteiger partial charge in [0.05, 0.1) is 0 Å². The van der Waals surface area contributed by atoms with Gasteiger partial charge in [-0.25, -0.2) is 0 Å². The summed E-state index contributed by atoms with van der Waals surface area (Å²) in [5.74, 6) is -0.536. The zero-order chi connectivity index (χ0) is 29.4. The molecule has 0 aliphatic carbocycles. The third kappa shape index (κ3) is 8.69. The van der Waals surface area contributed by atoms with Crippen molar-refractivity contribution < 1.29 is 9.59 Å². The summed E-state index contributed by atoms with van der Waals surface area (Å²) < 4.78 is 0. The Labute approximate surface area is 253 Å². The van der Waals surface area contributed by atoms with E-state index in [4.69, 9.17) is 23.2 Å². The molecule has 0 aliphatic rings. The lowest BCUT2D eigenvalue weighted by atomic mass is 9.87. The summed E-state index contributed by atoms with van der Waals surface area (Å²) in [4.78, 5) is 30.0. The fraction of sp³-hybridized carbons (Fsp3) is 0.257. The monoisotopic (exact) mass is 586 g/mol. The topological polar surface area (TPSA) is 49.4 Å². The minimum Gasteiger partial charge on any atom is -0.350 e. The Bertz CT molecular complexity index is 1400. The van der Waals surface area contributed by atoms with Gasteiger partial charge in [0.1, 0.15) is 6.04 Å². The zero-order valence-electron chi connectivity index (χ0n) is 23.7. The molecule has 0 radical (unpaired) electrons. The molecule has 0 heterocycles. The summed E-state index contributed by atoms with van der Waals surface area (Å²) in [6.07, 6.45) is 0.550. The van der Waals surface area contributed by atoms with Crippen LogP contribution in [0.2, 0.25) is 10.0 Å². The first-order valence-corrected chi connectivity index (χ1v) is 14.6. The smallest absolute Gasteiger partial charge is 0.243 e. The first-order valence-electron chi connectivity index (χ1n) is 13.8. The maximum atomic E-state index is 14.5. The molecule has 4 aromatic carbocycles. The highest BCUT2D eigenvalue weighted by Crippen LogP contribution is 2.31. The Hall–Kier alpha value is -3.60. The van der Waals surface area contributed by atoms with Gasteiger partial charge in [-0.15, -0.1) is 0 Å². The van der Waals surface area contributed by atoms with E-state index in [-0.39, 0.29) is 30.7 Å². The average molecular weight is 588 g/mol. The summed E-state index contributed by atoms with van der Waals surface area (Å²) in [6.45, 7) is 5.98. The number of carbonyl (C=O) groups excluding carboxylic acids is 2. The SMILES string of the molecule is CC(C)(C)NC(=O)C(Cc1ccccc1)N(Cc1ccc(Cl)cc1Cl)C(=O)CC(c1ccccc1)c1ccccc1. The first kappa shape index (κ1) is 30.4. The van der Waals surface area contributed by atoms with Crippen molar-refractivity contribution in [1.82, 2.24) is 10.2 Å². The van der Waals surface area contributed by atoms with Crippen LogP contribution in [0.25, 0.3) is 0 Å². The molecule has 0 aliphatic heterocycles. The lowest BCUT2D eigenvalue weighted by molar-refractivity contribution is -0.142. The van der Waals surface area contributed by atoms with E-state index in [0.717, 1.165) is 22.3 Å². The largest absolute Gasteiger partial charge is 0.350 e. The number of carbonyl (C=O) groups is 2. The van der Waals surface area contributed by atoms with Gasteiger partial charge in [0.15, 0.2) is 0 Å². The third-order valence-corrected chi connectivity index (χ3v) is 7.49. The molecule has 0 saturated heterocycles. The summed E-state index contributed by atoms with van der Waals surface area (Å²) in [5, 5.41) is 4.08. The fourth-order valence-electron chi connectivity index (χ4n) is 4.93. The van der Waals surface area contributed by atoms with Gasteiger partial charge in [0.25, 0.3) is 0 Å². The van der Waals surface area contributed by atoms with Crippen molar-refractivity contribution in [3.05, 3.63) is 141 Å². The van der Waals surface area contributed by atoms with E-state index >= 15 is 0 Å². The van der Waals surface area contributed by atoms with Crippen LogP contribution in [0, 0.1) is 0 Å². The van der Waals surface area contributed by atoms with Gasteiger partial charge in [-0.2, -0.15) is 0 Å². The minimum atomic E-state index is -0.761. The first-order chi connectivity index (χ1) is 19.6. The number of amides is 2. The van der Waals surface area contributed by atoms with Crippen LogP contribution in [-0.2, 0) is 22.6 Å².